The van der Waals surface area contributed by atoms with Crippen LogP contribution in [0.15, 0.2) is 0 Å². The molecule has 0 aromatic heterocycles. The summed E-state index contributed by atoms with van der Waals surface area (Å²) >= 11 is 0. The lowest BCUT2D eigenvalue weighted by atomic mass is 9.96. The van der Waals surface area contributed by atoms with Gasteiger partial charge in [0.25, 0.3) is 0 Å². The molecule has 2 N–H and O–H groups in total. The number of urea groups is 1. The highest BCUT2D eigenvalue weighted by Crippen LogP contribution is 2.39. The second-order valence-corrected chi connectivity index (χ2v) is 4.87. The van der Waals surface area contributed by atoms with Crippen molar-refractivity contribution < 1.29 is 24.2 Å². The predicted octanol–water partition coefficient (Wildman–Crippen LogP) is 0.444. The zero-order valence-electron chi connectivity index (χ0n) is 11.4. The van der Waals surface area contributed by atoms with Crippen LogP contribution in [-0.4, -0.2) is 53.7 Å². The minimum absolute atomic E-state index is 0.0510. The summed E-state index contributed by atoms with van der Waals surface area (Å²) in [6.45, 7) is 3.19. The largest absolute Gasteiger partial charge is 0.480 e. The first-order valence-electron chi connectivity index (χ1n) is 6.23. The van der Waals surface area contributed by atoms with Crippen molar-refractivity contribution in [3.63, 3.8) is 0 Å². The highest BCUT2D eigenvalue weighted by atomic mass is 16.5. The zero-order valence-corrected chi connectivity index (χ0v) is 11.4. The maximum atomic E-state index is 11.9. The molecule has 0 aromatic carbocycles. The number of nitrogens with zero attached hydrogens (tertiary/aromatic N) is 1. The summed E-state index contributed by atoms with van der Waals surface area (Å²) in [6, 6.07) is -0.593. The van der Waals surface area contributed by atoms with Crippen LogP contribution in [0, 0.1) is 5.92 Å². The quantitative estimate of drug-likeness (QED) is 0.684. The van der Waals surface area contributed by atoms with Gasteiger partial charge in [-0.2, -0.15) is 0 Å². The lowest BCUT2D eigenvalue weighted by Crippen LogP contribution is -2.57. The van der Waals surface area contributed by atoms with Crippen LogP contribution < -0.4 is 5.32 Å². The number of hydrogen-bond donors (Lipinski definition) is 2. The van der Waals surface area contributed by atoms with Gasteiger partial charge in [-0.3, -0.25) is 4.79 Å². The number of ether oxygens (including phenoxy) is 1. The molecule has 0 aromatic rings. The average Bonchev–Trinajstić information content (AvgIpc) is 3.12. The monoisotopic (exact) mass is 272 g/mol. The Labute approximate surface area is 111 Å². The number of likely N-dealkylation sites (N-methyl/N-ethyl adjacent to an activating group) is 1. The molecule has 19 heavy (non-hydrogen) atoms. The molecule has 0 radical (unpaired) electrons. The third-order valence-corrected chi connectivity index (χ3v) is 3.22. The SMILES string of the molecule is CCOC(=O)CN(C)C(=O)NC(C)(C(=O)O)C1CC1. The predicted molar refractivity (Wildman–Crippen MR) is 66.6 cm³/mol. The molecule has 7 heteroatoms. The van der Waals surface area contributed by atoms with Gasteiger partial charge in [-0.15, -0.1) is 0 Å². The van der Waals surface area contributed by atoms with Crippen molar-refractivity contribution in [3.8, 4) is 0 Å². The molecule has 0 saturated heterocycles. The Balaban J connectivity index is 2.57. The minimum Gasteiger partial charge on any atom is -0.480 e. The Hall–Kier alpha value is -1.79. The summed E-state index contributed by atoms with van der Waals surface area (Å²) < 4.78 is 4.72. The van der Waals surface area contributed by atoms with E-state index in [-0.39, 0.29) is 19.1 Å². The summed E-state index contributed by atoms with van der Waals surface area (Å²) in [5, 5.41) is 11.7. The number of nitrogens with one attached hydrogen (secondary N) is 1. The van der Waals surface area contributed by atoms with Crippen LogP contribution in [0.2, 0.25) is 0 Å². The molecular weight excluding hydrogens is 252 g/mol. The molecule has 2 amide bonds. The van der Waals surface area contributed by atoms with Gasteiger partial charge in [-0.05, 0) is 32.6 Å². The lowest BCUT2D eigenvalue weighted by Gasteiger charge is -2.28. The Morgan fingerprint density at radius 1 is 1.42 bits per heavy atom. The Morgan fingerprint density at radius 2 is 2.00 bits per heavy atom. The molecule has 1 atom stereocenters. The Morgan fingerprint density at radius 3 is 2.42 bits per heavy atom. The number of carboxylic acids is 1. The van der Waals surface area contributed by atoms with Gasteiger partial charge in [-0.1, -0.05) is 0 Å². The number of amides is 2. The molecule has 1 saturated carbocycles. The highest BCUT2D eigenvalue weighted by Gasteiger charge is 2.49. The van der Waals surface area contributed by atoms with E-state index in [2.05, 4.69) is 5.32 Å². The van der Waals surface area contributed by atoms with Crippen molar-refractivity contribution in [2.24, 2.45) is 5.92 Å². The maximum Gasteiger partial charge on any atom is 0.329 e. The first kappa shape index (κ1) is 15.3. The second kappa shape index (κ2) is 5.90. The third kappa shape index (κ3) is 3.84. The summed E-state index contributed by atoms with van der Waals surface area (Å²) in [4.78, 5) is 35.5. The van der Waals surface area contributed by atoms with Crippen molar-refractivity contribution in [1.82, 2.24) is 10.2 Å². The van der Waals surface area contributed by atoms with Gasteiger partial charge in [0.15, 0.2) is 0 Å². The van der Waals surface area contributed by atoms with E-state index in [1.54, 1.807) is 6.92 Å². The summed E-state index contributed by atoms with van der Waals surface area (Å²) in [5.74, 6) is -1.64. The van der Waals surface area contributed by atoms with Crippen molar-refractivity contribution in [2.75, 3.05) is 20.2 Å². The lowest BCUT2D eigenvalue weighted by molar-refractivity contribution is -0.144. The number of esters is 1. The van der Waals surface area contributed by atoms with Crippen LogP contribution in [0.25, 0.3) is 0 Å². The molecule has 1 rings (SSSR count). The molecule has 0 aliphatic heterocycles. The van der Waals surface area contributed by atoms with Crippen molar-refractivity contribution in [1.29, 1.82) is 0 Å². The number of carbonyl (C=O) groups is 3. The molecule has 108 valence electrons. The van der Waals surface area contributed by atoms with E-state index in [0.29, 0.717) is 0 Å². The summed E-state index contributed by atoms with van der Waals surface area (Å²) in [7, 11) is 1.42. The van der Waals surface area contributed by atoms with Crippen LogP contribution in [0.3, 0.4) is 0 Å². The van der Waals surface area contributed by atoms with E-state index >= 15 is 0 Å². The molecule has 1 unspecified atom stereocenters. The third-order valence-electron chi connectivity index (χ3n) is 3.22. The minimum atomic E-state index is -1.28. The smallest absolute Gasteiger partial charge is 0.329 e. The molecule has 1 aliphatic carbocycles. The average molecular weight is 272 g/mol. The van der Waals surface area contributed by atoms with E-state index in [4.69, 9.17) is 4.74 Å². The topological polar surface area (TPSA) is 95.9 Å². The van der Waals surface area contributed by atoms with E-state index in [1.165, 1.54) is 14.0 Å². The molecule has 0 bridgehead atoms. The number of aliphatic carboxylic acids is 1. The van der Waals surface area contributed by atoms with Crippen LogP contribution in [0.1, 0.15) is 26.7 Å². The first-order chi connectivity index (χ1) is 8.81. The number of carbonyl (C=O) groups excluding carboxylic acids is 2. The van der Waals surface area contributed by atoms with E-state index in [1.807, 2.05) is 0 Å². The fourth-order valence-corrected chi connectivity index (χ4v) is 1.78. The van der Waals surface area contributed by atoms with E-state index in [9.17, 15) is 19.5 Å². The number of carboxylic acid groups (broad SMARTS) is 1. The second-order valence-electron chi connectivity index (χ2n) is 4.87. The van der Waals surface area contributed by atoms with Gasteiger partial charge in [-0.25, -0.2) is 9.59 Å². The molecule has 0 heterocycles. The molecule has 0 spiro atoms. The van der Waals surface area contributed by atoms with Crippen LogP contribution in [-0.2, 0) is 14.3 Å². The fraction of sp³-hybridized carbons (Fsp3) is 0.750. The van der Waals surface area contributed by atoms with Crippen LogP contribution in [0.5, 0.6) is 0 Å². The number of rotatable bonds is 6. The van der Waals surface area contributed by atoms with Gasteiger partial charge >= 0.3 is 18.0 Å². The van der Waals surface area contributed by atoms with Crippen LogP contribution >= 0.6 is 0 Å². The van der Waals surface area contributed by atoms with Crippen molar-refractivity contribution >= 4 is 18.0 Å². The molecule has 1 aliphatic rings. The van der Waals surface area contributed by atoms with Crippen molar-refractivity contribution in [2.45, 2.75) is 32.2 Å². The molecule has 1 fully saturated rings. The summed E-state index contributed by atoms with van der Waals surface area (Å²) in [5.41, 5.74) is -1.28. The first-order valence-corrected chi connectivity index (χ1v) is 6.23. The maximum absolute atomic E-state index is 11.9. The van der Waals surface area contributed by atoms with Gasteiger partial charge < -0.3 is 20.1 Å². The Kier molecular flexibility index (Phi) is 4.74. The molecule has 7 nitrogen and oxygen atoms in total. The van der Waals surface area contributed by atoms with E-state index in [0.717, 1.165) is 17.7 Å². The van der Waals surface area contributed by atoms with Crippen molar-refractivity contribution in [3.05, 3.63) is 0 Å². The fourth-order valence-electron chi connectivity index (χ4n) is 1.78. The molecular formula is C12H20N2O5. The van der Waals surface area contributed by atoms with Gasteiger partial charge in [0, 0.05) is 7.05 Å². The standard InChI is InChI=1S/C12H20N2O5/c1-4-19-9(15)7-14(3)11(18)13-12(2,10(16)17)8-5-6-8/h8H,4-7H2,1-3H3,(H,13,18)(H,16,17). The van der Waals surface area contributed by atoms with Crippen LogP contribution in [0.4, 0.5) is 4.79 Å². The Bertz CT molecular complexity index is 380. The van der Waals surface area contributed by atoms with Gasteiger partial charge in [0.2, 0.25) is 0 Å². The van der Waals surface area contributed by atoms with Gasteiger partial charge in [0.1, 0.15) is 12.1 Å². The van der Waals surface area contributed by atoms with Gasteiger partial charge in [0.05, 0.1) is 6.61 Å². The van der Waals surface area contributed by atoms with E-state index < -0.39 is 23.5 Å². The zero-order chi connectivity index (χ0) is 14.6. The normalized spacial score (nSPS) is 17.2. The highest BCUT2D eigenvalue weighted by molar-refractivity contribution is 5.88. The number of hydrogen-bond acceptors (Lipinski definition) is 4. The summed E-state index contributed by atoms with van der Waals surface area (Å²) in [6.07, 6.45) is 1.56.